The molecule has 0 aliphatic rings. The van der Waals surface area contributed by atoms with Gasteiger partial charge in [-0.15, -0.1) is 5.10 Å². The van der Waals surface area contributed by atoms with Crippen LogP contribution in [0.3, 0.4) is 0 Å². The average Bonchev–Trinajstić information content (AvgIpc) is 2.49. The van der Waals surface area contributed by atoms with E-state index in [4.69, 9.17) is 11.6 Å². The van der Waals surface area contributed by atoms with E-state index in [9.17, 15) is 0 Å². The Morgan fingerprint density at radius 3 is 3.08 bits per heavy atom. The van der Waals surface area contributed by atoms with Crippen molar-refractivity contribution in [3.8, 4) is 0 Å². The molecule has 1 N–H and O–H groups in total. The van der Waals surface area contributed by atoms with Gasteiger partial charge in [-0.2, -0.15) is 0 Å². The third-order valence-electron chi connectivity index (χ3n) is 1.31. The van der Waals surface area contributed by atoms with E-state index < -0.39 is 0 Å². The number of rotatable bonds is 5. The van der Waals surface area contributed by atoms with Crippen molar-refractivity contribution in [2.24, 2.45) is 0 Å². The Balaban J connectivity index is 2.07. The molecule has 0 fully saturated rings. The van der Waals surface area contributed by atoms with Crippen LogP contribution in [0.2, 0.25) is 0 Å². The predicted molar refractivity (Wildman–Crippen MR) is 47.9 cm³/mol. The van der Waals surface area contributed by atoms with Crippen LogP contribution in [-0.4, -0.2) is 28.1 Å². The second-order valence-electron chi connectivity index (χ2n) is 2.36. The van der Waals surface area contributed by atoms with Gasteiger partial charge in [0.15, 0.2) is 0 Å². The maximum atomic E-state index is 5.55. The molecular weight excluding hydrogens is 176 g/mol. The predicted octanol–water partition coefficient (Wildman–Crippen LogP) is 0.620. The Hall–Kier alpha value is -0.870. The standard InChI is InChI=1S/C7H11ClN4/c1-7(8)6-9-2-4-12-5-3-10-11-12/h3,5,9H,1-2,4,6H2. The molecule has 1 aromatic rings. The molecule has 1 aromatic heterocycles. The maximum Gasteiger partial charge on any atom is 0.0692 e. The summed E-state index contributed by atoms with van der Waals surface area (Å²) >= 11 is 5.55. The minimum absolute atomic E-state index is 0.619. The van der Waals surface area contributed by atoms with Crippen molar-refractivity contribution >= 4 is 11.6 Å². The van der Waals surface area contributed by atoms with Gasteiger partial charge in [-0.3, -0.25) is 4.68 Å². The van der Waals surface area contributed by atoms with Crippen LogP contribution >= 0.6 is 11.6 Å². The molecule has 4 nitrogen and oxygen atoms in total. The molecule has 66 valence electrons. The summed E-state index contributed by atoms with van der Waals surface area (Å²) in [4.78, 5) is 0. The van der Waals surface area contributed by atoms with Crippen molar-refractivity contribution in [3.63, 3.8) is 0 Å². The Bertz CT molecular complexity index is 232. The SMILES string of the molecule is C=C(Cl)CNCCn1ccnn1. The van der Waals surface area contributed by atoms with Crippen LogP contribution in [-0.2, 0) is 6.54 Å². The number of hydrogen-bond acceptors (Lipinski definition) is 3. The highest BCUT2D eigenvalue weighted by atomic mass is 35.5. The van der Waals surface area contributed by atoms with Crippen molar-refractivity contribution in [2.45, 2.75) is 6.54 Å². The zero-order chi connectivity index (χ0) is 8.81. The van der Waals surface area contributed by atoms with Gasteiger partial charge in [-0.25, -0.2) is 0 Å². The zero-order valence-corrected chi connectivity index (χ0v) is 7.46. The van der Waals surface area contributed by atoms with E-state index in [2.05, 4.69) is 22.2 Å². The molecule has 0 bridgehead atoms. The van der Waals surface area contributed by atoms with Crippen molar-refractivity contribution in [2.75, 3.05) is 13.1 Å². The first-order valence-electron chi connectivity index (χ1n) is 3.67. The van der Waals surface area contributed by atoms with E-state index in [1.54, 1.807) is 10.9 Å². The average molecular weight is 187 g/mol. The van der Waals surface area contributed by atoms with Gasteiger partial charge in [0.2, 0.25) is 0 Å². The van der Waals surface area contributed by atoms with Gasteiger partial charge in [0.1, 0.15) is 0 Å². The highest BCUT2D eigenvalue weighted by molar-refractivity contribution is 6.29. The fourth-order valence-corrected chi connectivity index (χ4v) is 0.864. The molecule has 0 unspecified atom stereocenters. The number of hydrogen-bond donors (Lipinski definition) is 1. The van der Waals surface area contributed by atoms with Crippen LogP contribution < -0.4 is 5.32 Å². The first-order valence-corrected chi connectivity index (χ1v) is 4.05. The minimum Gasteiger partial charge on any atom is -0.310 e. The van der Waals surface area contributed by atoms with Gasteiger partial charge in [0.05, 0.1) is 12.7 Å². The fraction of sp³-hybridized carbons (Fsp3) is 0.429. The Labute approximate surface area is 76.2 Å². The molecular formula is C7H11ClN4. The van der Waals surface area contributed by atoms with Gasteiger partial charge in [-0.1, -0.05) is 23.4 Å². The van der Waals surface area contributed by atoms with E-state index in [0.717, 1.165) is 13.1 Å². The van der Waals surface area contributed by atoms with Crippen LogP contribution in [0.25, 0.3) is 0 Å². The summed E-state index contributed by atoms with van der Waals surface area (Å²) in [7, 11) is 0. The van der Waals surface area contributed by atoms with Gasteiger partial charge in [-0.05, 0) is 0 Å². The largest absolute Gasteiger partial charge is 0.310 e. The minimum atomic E-state index is 0.619. The number of nitrogens with one attached hydrogen (secondary N) is 1. The fourth-order valence-electron chi connectivity index (χ4n) is 0.770. The molecule has 0 aliphatic carbocycles. The summed E-state index contributed by atoms with van der Waals surface area (Å²) < 4.78 is 1.75. The lowest BCUT2D eigenvalue weighted by Crippen LogP contribution is -2.21. The van der Waals surface area contributed by atoms with Gasteiger partial charge >= 0.3 is 0 Å². The lowest BCUT2D eigenvalue weighted by Gasteiger charge is -2.01. The number of aromatic nitrogens is 3. The van der Waals surface area contributed by atoms with E-state index in [1.165, 1.54) is 0 Å². The molecule has 12 heavy (non-hydrogen) atoms. The third-order valence-corrected chi connectivity index (χ3v) is 1.44. The third kappa shape index (κ3) is 3.50. The number of halogens is 1. The summed E-state index contributed by atoms with van der Waals surface area (Å²) in [6.07, 6.45) is 3.47. The topological polar surface area (TPSA) is 42.7 Å². The quantitative estimate of drug-likeness (QED) is 0.686. The molecule has 0 radical (unpaired) electrons. The van der Waals surface area contributed by atoms with Crippen molar-refractivity contribution in [1.82, 2.24) is 20.3 Å². The summed E-state index contributed by atoms with van der Waals surface area (Å²) in [5.41, 5.74) is 0. The van der Waals surface area contributed by atoms with Gasteiger partial charge < -0.3 is 5.32 Å². The highest BCUT2D eigenvalue weighted by Gasteiger charge is 1.91. The molecule has 1 rings (SSSR count). The van der Waals surface area contributed by atoms with Crippen molar-refractivity contribution in [1.29, 1.82) is 0 Å². The second-order valence-corrected chi connectivity index (χ2v) is 2.89. The molecule has 0 aliphatic heterocycles. The first kappa shape index (κ1) is 9.22. The van der Waals surface area contributed by atoms with E-state index in [1.807, 2.05) is 6.20 Å². The summed E-state index contributed by atoms with van der Waals surface area (Å²) in [5.74, 6) is 0. The maximum absolute atomic E-state index is 5.55. The summed E-state index contributed by atoms with van der Waals surface area (Å²) in [6.45, 7) is 5.80. The molecule has 0 saturated carbocycles. The van der Waals surface area contributed by atoms with E-state index in [-0.39, 0.29) is 0 Å². The highest BCUT2D eigenvalue weighted by Crippen LogP contribution is 1.91. The van der Waals surface area contributed by atoms with Crippen LogP contribution in [0.5, 0.6) is 0 Å². The Kier molecular flexibility index (Phi) is 3.76. The molecule has 0 aromatic carbocycles. The lowest BCUT2D eigenvalue weighted by atomic mass is 10.5. The molecule has 5 heteroatoms. The molecule has 0 spiro atoms. The van der Waals surface area contributed by atoms with E-state index in [0.29, 0.717) is 11.6 Å². The second kappa shape index (κ2) is 4.90. The van der Waals surface area contributed by atoms with Gasteiger partial charge in [0.25, 0.3) is 0 Å². The van der Waals surface area contributed by atoms with Crippen LogP contribution in [0.4, 0.5) is 0 Å². The monoisotopic (exact) mass is 186 g/mol. The van der Waals surface area contributed by atoms with Crippen LogP contribution in [0, 0.1) is 0 Å². The smallest absolute Gasteiger partial charge is 0.0692 e. The van der Waals surface area contributed by atoms with Crippen molar-refractivity contribution in [3.05, 3.63) is 24.0 Å². The van der Waals surface area contributed by atoms with Gasteiger partial charge in [0, 0.05) is 24.3 Å². The van der Waals surface area contributed by atoms with E-state index >= 15 is 0 Å². The molecule has 0 saturated heterocycles. The number of nitrogens with zero attached hydrogens (tertiary/aromatic N) is 3. The Morgan fingerprint density at radius 2 is 2.50 bits per heavy atom. The molecule has 0 amide bonds. The van der Waals surface area contributed by atoms with Crippen molar-refractivity contribution < 1.29 is 0 Å². The van der Waals surface area contributed by atoms with Crippen LogP contribution in [0.15, 0.2) is 24.0 Å². The zero-order valence-electron chi connectivity index (χ0n) is 6.70. The first-order chi connectivity index (χ1) is 5.79. The van der Waals surface area contributed by atoms with Crippen LogP contribution in [0.1, 0.15) is 0 Å². The lowest BCUT2D eigenvalue weighted by molar-refractivity contribution is 0.554. The molecule has 1 heterocycles. The summed E-state index contributed by atoms with van der Waals surface area (Å²) in [5, 5.41) is 11.2. The normalized spacial score (nSPS) is 10.1. The molecule has 0 atom stereocenters. The Morgan fingerprint density at radius 1 is 1.67 bits per heavy atom. The summed E-state index contributed by atoms with van der Waals surface area (Å²) in [6, 6.07) is 0.